The molecule has 6 aromatic rings. The van der Waals surface area contributed by atoms with Gasteiger partial charge in [-0.2, -0.15) is 0 Å². The summed E-state index contributed by atoms with van der Waals surface area (Å²) < 4.78 is 8.62. The molecule has 0 spiro atoms. The van der Waals surface area contributed by atoms with E-state index in [2.05, 4.69) is 23.1 Å². The number of thiophene rings is 1. The van der Waals surface area contributed by atoms with Crippen LogP contribution in [-0.4, -0.2) is 24.6 Å². The Morgan fingerprint density at radius 3 is 2.79 bits per heavy atom. The summed E-state index contributed by atoms with van der Waals surface area (Å²) in [5.41, 5.74) is 5.83. The number of hydrogen-bond acceptors (Lipinski definition) is 6. The molecule has 8 heteroatoms. The van der Waals surface area contributed by atoms with Gasteiger partial charge in [-0.1, -0.05) is 35.9 Å². The first-order valence-corrected chi connectivity index (χ1v) is 11.6. The normalized spacial score (nSPS) is 11.6. The number of hydrogen-bond donors (Lipinski definition) is 0. The zero-order chi connectivity index (χ0) is 22.5. The zero-order valence-electron chi connectivity index (χ0n) is 17.9. The Bertz CT molecular complexity index is 1670. The van der Waals surface area contributed by atoms with Crippen LogP contribution in [-0.2, 0) is 6.61 Å². The molecule has 0 saturated carbocycles. The Hall–Kier alpha value is -3.55. The fourth-order valence-corrected chi connectivity index (χ4v) is 5.42. The largest absolute Gasteiger partial charge is 0.489 e. The lowest BCUT2D eigenvalue weighted by Gasteiger charge is -2.07. The molecule has 0 aliphatic carbocycles. The predicted molar refractivity (Wildman–Crippen MR) is 132 cm³/mol. The van der Waals surface area contributed by atoms with Crippen LogP contribution in [0.3, 0.4) is 0 Å². The van der Waals surface area contributed by atoms with Crippen LogP contribution in [0.4, 0.5) is 0 Å². The maximum absolute atomic E-state index is 6.05. The summed E-state index contributed by atoms with van der Waals surface area (Å²) in [4.78, 5) is 15.2. The van der Waals surface area contributed by atoms with Crippen LogP contribution in [0.25, 0.3) is 37.5 Å². The number of ether oxygens (including phenoxy) is 1. The van der Waals surface area contributed by atoms with Crippen LogP contribution < -0.4 is 4.74 Å². The number of aryl methyl sites for hydroxylation is 2. The van der Waals surface area contributed by atoms with E-state index in [0.717, 1.165) is 48.7 Å². The fraction of sp³-hybridized carbons (Fsp3) is 0.120. The van der Waals surface area contributed by atoms with Gasteiger partial charge in [-0.15, -0.1) is 16.4 Å². The first-order valence-electron chi connectivity index (χ1n) is 10.4. The van der Waals surface area contributed by atoms with Gasteiger partial charge in [0.2, 0.25) is 0 Å². The minimum Gasteiger partial charge on any atom is -0.489 e. The van der Waals surface area contributed by atoms with Crippen molar-refractivity contribution >= 4 is 49.0 Å². The van der Waals surface area contributed by atoms with Crippen LogP contribution in [0, 0.1) is 13.8 Å². The summed E-state index contributed by atoms with van der Waals surface area (Å²) >= 11 is 7.66. The van der Waals surface area contributed by atoms with Crippen molar-refractivity contribution in [2.75, 3.05) is 0 Å². The second-order valence-corrected chi connectivity index (χ2v) is 9.37. The average molecular weight is 472 g/mol. The number of pyridine rings is 1. The molecule has 4 heterocycles. The van der Waals surface area contributed by atoms with Gasteiger partial charge in [0.05, 0.1) is 5.52 Å². The molecule has 0 atom stereocenters. The Labute approximate surface area is 198 Å². The highest BCUT2D eigenvalue weighted by molar-refractivity contribution is 7.26. The van der Waals surface area contributed by atoms with E-state index in [1.54, 1.807) is 28.2 Å². The highest BCUT2D eigenvalue weighted by Gasteiger charge is 2.17. The number of aromatic nitrogens is 5. The standard InChI is InChI=1S/C25H18ClN5OS/c1-14-9-15(2)28-25-20(14)21-22(33-25)24-29-23(30-31(24)13-27-21)17-6-3-5-16(10-17)12-32-19-8-4-7-18(26)11-19/h3-11,13H,12H2,1-2H3. The predicted octanol–water partition coefficient (Wildman–Crippen LogP) is 6.40. The molecular formula is C25H18ClN5OS. The van der Waals surface area contributed by atoms with Gasteiger partial charge < -0.3 is 4.74 Å². The van der Waals surface area contributed by atoms with Crippen molar-refractivity contribution in [2.24, 2.45) is 0 Å². The quantitative estimate of drug-likeness (QED) is 0.297. The monoisotopic (exact) mass is 471 g/mol. The Balaban J connectivity index is 1.38. The fourth-order valence-electron chi connectivity index (χ4n) is 4.01. The van der Waals surface area contributed by atoms with Gasteiger partial charge >= 0.3 is 0 Å². The van der Waals surface area contributed by atoms with Crippen LogP contribution >= 0.6 is 22.9 Å². The summed E-state index contributed by atoms with van der Waals surface area (Å²) in [6.07, 6.45) is 1.73. The number of nitrogens with zero attached hydrogens (tertiary/aromatic N) is 5. The van der Waals surface area contributed by atoms with E-state index >= 15 is 0 Å². The van der Waals surface area contributed by atoms with Crippen molar-refractivity contribution < 1.29 is 4.74 Å². The molecule has 0 saturated heterocycles. The molecule has 0 amide bonds. The van der Waals surface area contributed by atoms with E-state index < -0.39 is 0 Å². The molecule has 6 rings (SSSR count). The van der Waals surface area contributed by atoms with Gasteiger partial charge in [0.25, 0.3) is 0 Å². The van der Waals surface area contributed by atoms with Gasteiger partial charge in [0.1, 0.15) is 28.2 Å². The third-order valence-electron chi connectivity index (χ3n) is 5.48. The summed E-state index contributed by atoms with van der Waals surface area (Å²) in [5.74, 6) is 1.38. The van der Waals surface area contributed by atoms with Crippen LogP contribution in [0.5, 0.6) is 5.75 Å². The van der Waals surface area contributed by atoms with Crippen molar-refractivity contribution in [3.8, 4) is 17.1 Å². The zero-order valence-corrected chi connectivity index (χ0v) is 19.5. The van der Waals surface area contributed by atoms with Crippen molar-refractivity contribution in [1.29, 1.82) is 0 Å². The Morgan fingerprint density at radius 1 is 1.03 bits per heavy atom. The van der Waals surface area contributed by atoms with E-state index in [1.807, 2.05) is 49.4 Å². The molecule has 6 nitrogen and oxygen atoms in total. The van der Waals surface area contributed by atoms with Crippen molar-refractivity contribution in [3.05, 3.63) is 82.8 Å². The molecule has 0 fully saturated rings. The topological polar surface area (TPSA) is 65.2 Å². The second kappa shape index (κ2) is 7.79. The van der Waals surface area contributed by atoms with Crippen LogP contribution in [0.1, 0.15) is 16.8 Å². The summed E-state index contributed by atoms with van der Waals surface area (Å²) in [6, 6.07) is 17.5. The molecule has 0 aliphatic rings. The minimum atomic E-state index is 0.425. The van der Waals surface area contributed by atoms with Crippen molar-refractivity contribution in [2.45, 2.75) is 20.5 Å². The first-order chi connectivity index (χ1) is 16.0. The Kier molecular flexibility index (Phi) is 4.74. The molecule has 0 radical (unpaired) electrons. The highest BCUT2D eigenvalue weighted by Crippen LogP contribution is 2.36. The van der Waals surface area contributed by atoms with Crippen LogP contribution in [0.15, 0.2) is 60.9 Å². The number of halogens is 1. The minimum absolute atomic E-state index is 0.425. The molecular weight excluding hydrogens is 454 g/mol. The van der Waals surface area contributed by atoms with Gasteiger partial charge in [-0.25, -0.2) is 19.5 Å². The maximum Gasteiger partial charge on any atom is 0.182 e. The third kappa shape index (κ3) is 3.59. The summed E-state index contributed by atoms with van der Waals surface area (Å²) in [7, 11) is 0. The molecule has 33 heavy (non-hydrogen) atoms. The van der Waals surface area contributed by atoms with Crippen molar-refractivity contribution in [1.82, 2.24) is 24.6 Å². The van der Waals surface area contributed by atoms with E-state index in [4.69, 9.17) is 26.3 Å². The summed E-state index contributed by atoms with van der Waals surface area (Å²) in [6.45, 7) is 4.54. The van der Waals surface area contributed by atoms with E-state index in [9.17, 15) is 0 Å². The average Bonchev–Trinajstić information content (AvgIpc) is 3.39. The van der Waals surface area contributed by atoms with Crippen molar-refractivity contribution in [3.63, 3.8) is 0 Å². The lowest BCUT2D eigenvalue weighted by atomic mass is 10.1. The van der Waals surface area contributed by atoms with E-state index in [1.165, 1.54) is 5.56 Å². The Morgan fingerprint density at radius 2 is 1.91 bits per heavy atom. The van der Waals surface area contributed by atoms with Gasteiger partial charge in [0, 0.05) is 21.7 Å². The van der Waals surface area contributed by atoms with Gasteiger partial charge in [-0.05, 0) is 55.3 Å². The molecule has 0 bridgehead atoms. The van der Waals surface area contributed by atoms with E-state index in [-0.39, 0.29) is 0 Å². The van der Waals surface area contributed by atoms with Gasteiger partial charge in [-0.3, -0.25) is 0 Å². The van der Waals surface area contributed by atoms with Crippen LogP contribution in [0.2, 0.25) is 5.02 Å². The molecule has 0 aliphatic heterocycles. The molecule has 0 unspecified atom stereocenters. The third-order valence-corrected chi connectivity index (χ3v) is 6.78. The molecule has 2 aromatic carbocycles. The SMILES string of the molecule is Cc1cc(C)c2c(n1)sc1c2ncn2nc(-c3cccc(COc4cccc(Cl)c4)c3)nc12. The van der Waals surface area contributed by atoms with E-state index in [0.29, 0.717) is 17.5 Å². The lowest BCUT2D eigenvalue weighted by molar-refractivity contribution is 0.306. The maximum atomic E-state index is 6.05. The molecule has 0 N–H and O–H groups in total. The lowest BCUT2D eigenvalue weighted by Crippen LogP contribution is -1.96. The smallest absolute Gasteiger partial charge is 0.182 e. The first kappa shape index (κ1) is 20.1. The second-order valence-electron chi connectivity index (χ2n) is 7.94. The molecule has 162 valence electrons. The summed E-state index contributed by atoms with van der Waals surface area (Å²) in [5, 5.41) is 6.43. The number of benzene rings is 2. The number of fused-ring (bicyclic) bond motifs is 5. The van der Waals surface area contributed by atoms with Gasteiger partial charge in [0.15, 0.2) is 11.5 Å². The molecule has 4 aromatic heterocycles. The number of rotatable bonds is 4. The highest BCUT2D eigenvalue weighted by atomic mass is 35.5.